The minimum absolute atomic E-state index is 0.532. The van der Waals surface area contributed by atoms with Crippen LogP contribution >= 0.6 is 0 Å². The first-order valence-corrected chi connectivity index (χ1v) is 12.7. The second-order valence-corrected chi connectivity index (χ2v) is 18.8. The van der Waals surface area contributed by atoms with Crippen LogP contribution in [0.2, 0.25) is 13.9 Å². The molecule has 0 fully saturated rings. The maximum atomic E-state index is 5.22. The zero-order valence-electron chi connectivity index (χ0n) is 10.8. The Morgan fingerprint density at radius 3 is 1.71 bits per heavy atom. The summed E-state index contributed by atoms with van der Waals surface area (Å²) < 4.78 is 12.7. The van der Waals surface area contributed by atoms with Gasteiger partial charge >= 0.3 is 91.0 Å². The number of hydrogen-bond acceptors (Lipinski definition) is 1. The van der Waals surface area contributed by atoms with Gasteiger partial charge in [-0.1, -0.05) is 0 Å². The third-order valence-electron chi connectivity index (χ3n) is 3.91. The van der Waals surface area contributed by atoms with Crippen molar-refractivity contribution in [3.63, 3.8) is 0 Å². The summed E-state index contributed by atoms with van der Waals surface area (Å²) in [5, 5.41) is 0. The van der Waals surface area contributed by atoms with Crippen LogP contribution in [0.25, 0.3) is 0 Å². The van der Waals surface area contributed by atoms with Gasteiger partial charge in [0.2, 0.25) is 0 Å². The van der Waals surface area contributed by atoms with Gasteiger partial charge in [0.1, 0.15) is 0 Å². The van der Waals surface area contributed by atoms with Gasteiger partial charge in [0, 0.05) is 0 Å². The molecule has 0 aliphatic carbocycles. The first-order valence-electron chi connectivity index (χ1n) is 5.94. The summed E-state index contributed by atoms with van der Waals surface area (Å²) in [6.07, 6.45) is 1.17. The molecule has 1 N–H and O–H groups in total. The summed E-state index contributed by atoms with van der Waals surface area (Å²) in [7, 11) is 2.13. The maximum absolute atomic E-state index is 5.22. The van der Waals surface area contributed by atoms with Crippen LogP contribution in [0.5, 0.6) is 0 Å². The van der Waals surface area contributed by atoms with Crippen molar-refractivity contribution in [3.8, 4) is 0 Å². The molecule has 0 saturated carbocycles. The molecule has 0 heterocycles. The van der Waals surface area contributed by atoms with Gasteiger partial charge in [0.05, 0.1) is 0 Å². The number of nitrogens with one attached hydrogen (secondary N) is 1. The van der Waals surface area contributed by atoms with Crippen LogP contribution in [0.1, 0.15) is 41.0 Å². The summed E-state index contributed by atoms with van der Waals surface area (Å²) in [4.78, 5) is 0. The van der Waals surface area contributed by atoms with E-state index in [1.807, 2.05) is 0 Å². The van der Waals surface area contributed by atoms with Crippen molar-refractivity contribution in [2.24, 2.45) is 3.34 Å². The van der Waals surface area contributed by atoms with Gasteiger partial charge in [0.25, 0.3) is 0 Å². The summed E-state index contributed by atoms with van der Waals surface area (Å²) in [6, 6.07) is 0.532. The van der Waals surface area contributed by atoms with Gasteiger partial charge in [-0.2, -0.15) is 0 Å². The van der Waals surface area contributed by atoms with Crippen LogP contribution in [0, 0.1) is 0 Å². The van der Waals surface area contributed by atoms with E-state index >= 15 is 0 Å². The van der Waals surface area contributed by atoms with Crippen molar-refractivity contribution >= 4 is 0 Å². The molecule has 0 aromatic heterocycles. The summed E-state index contributed by atoms with van der Waals surface area (Å²) in [6.45, 7) is 11.4. The fraction of sp³-hybridized carbons (Fsp3) is 1.00. The summed E-state index contributed by atoms with van der Waals surface area (Å²) in [5.74, 6) is 0. The zero-order valence-corrected chi connectivity index (χ0v) is 13.0. The second-order valence-electron chi connectivity index (χ2n) is 4.21. The quantitative estimate of drug-likeness (QED) is 0.728. The normalized spacial score (nSPS) is 17.1. The number of rotatable bonds is 6. The van der Waals surface area contributed by atoms with Crippen molar-refractivity contribution < 1.29 is 15.9 Å². The molecule has 0 aromatic carbocycles. The summed E-state index contributed by atoms with van der Waals surface area (Å²) >= 11 is -2.77. The van der Waals surface area contributed by atoms with E-state index in [4.69, 9.17) is 3.34 Å². The van der Waals surface area contributed by atoms with Crippen molar-refractivity contribution in [2.75, 3.05) is 7.05 Å². The molecule has 0 aromatic rings. The molecule has 3 heteroatoms. The van der Waals surface area contributed by atoms with Gasteiger partial charge in [-0.05, 0) is 0 Å². The minimum atomic E-state index is -2.77. The first kappa shape index (κ1) is 14.5. The molecule has 0 aliphatic heterocycles. The number of nitrogens with zero attached hydrogens (tertiary/aromatic N) is 1. The van der Waals surface area contributed by atoms with Crippen LogP contribution in [0.4, 0.5) is 0 Å². The Hall–Kier alpha value is 0.500. The molecular weight excluding hydrogens is 253 g/mol. The van der Waals surface area contributed by atoms with Crippen molar-refractivity contribution in [1.82, 2.24) is 3.72 Å². The van der Waals surface area contributed by atoms with Gasteiger partial charge < -0.3 is 0 Å². The third-order valence-corrected chi connectivity index (χ3v) is 20.2. The molecule has 1 atom stereocenters. The fourth-order valence-electron chi connectivity index (χ4n) is 2.05. The molecule has 0 aliphatic rings. The first-order chi connectivity index (χ1) is 6.51. The molecule has 0 radical (unpaired) electrons. The summed E-state index contributed by atoms with van der Waals surface area (Å²) in [5.41, 5.74) is 0. The van der Waals surface area contributed by atoms with E-state index in [9.17, 15) is 0 Å². The van der Waals surface area contributed by atoms with E-state index in [0.29, 0.717) is 6.04 Å². The Morgan fingerprint density at radius 2 is 1.50 bits per heavy atom. The van der Waals surface area contributed by atoms with E-state index in [-0.39, 0.29) is 0 Å². The van der Waals surface area contributed by atoms with Crippen LogP contribution in [-0.4, -0.2) is 13.1 Å². The SMILES string of the molecule is CCC(C)[N]=[Nb]([CH2]C)([CH2]C)([CH2]C)[NH]C. The molecule has 0 rings (SSSR count). The third kappa shape index (κ3) is 2.75. The molecule has 0 saturated heterocycles. The van der Waals surface area contributed by atoms with Crippen LogP contribution in [-0.2, 0) is 15.9 Å². The van der Waals surface area contributed by atoms with E-state index < -0.39 is 15.9 Å². The molecule has 0 spiro atoms. The van der Waals surface area contributed by atoms with Crippen LogP contribution in [0.15, 0.2) is 3.34 Å². The Labute approximate surface area is 91.0 Å². The monoisotopic (exact) mass is 281 g/mol. The Morgan fingerprint density at radius 1 is 1.07 bits per heavy atom. The van der Waals surface area contributed by atoms with E-state index in [0.717, 1.165) is 0 Å². The van der Waals surface area contributed by atoms with Gasteiger partial charge in [-0.15, -0.1) is 0 Å². The Balaban J connectivity index is 5.33. The van der Waals surface area contributed by atoms with Gasteiger partial charge in [0.15, 0.2) is 0 Å². The second kappa shape index (κ2) is 5.55. The van der Waals surface area contributed by atoms with Crippen molar-refractivity contribution in [2.45, 2.75) is 61.0 Å². The molecule has 87 valence electrons. The van der Waals surface area contributed by atoms with E-state index in [1.54, 1.807) is 0 Å². The Kier molecular flexibility index (Phi) is 5.75. The average Bonchev–Trinajstić information content (AvgIpc) is 2.27. The van der Waals surface area contributed by atoms with E-state index in [1.165, 1.54) is 20.3 Å². The van der Waals surface area contributed by atoms with Crippen LogP contribution < -0.4 is 3.72 Å². The molecule has 2 nitrogen and oxygen atoms in total. The molecule has 0 amide bonds. The number of hydrogen-bond donors (Lipinski definition) is 1. The van der Waals surface area contributed by atoms with Gasteiger partial charge in [-0.25, -0.2) is 0 Å². The predicted molar refractivity (Wildman–Crippen MR) is 62.7 cm³/mol. The molecular formula is C11H28N2Nb. The predicted octanol–water partition coefficient (Wildman–Crippen LogP) is 4.11. The average molecular weight is 281 g/mol. The van der Waals surface area contributed by atoms with Gasteiger partial charge in [-0.3, -0.25) is 0 Å². The topological polar surface area (TPSA) is 24.4 Å². The fourth-order valence-corrected chi connectivity index (χ4v) is 12.1. The zero-order chi connectivity index (χ0) is 11.3. The standard InChI is InChI=1S/C4H9N.3C2H5.CH4N.Nb/c1-3-4(2)5;4*1-2;/h4H,3H2,1-2H3;3*1H2,2H3;2H,1H3;/q;;;;-1;+1. The van der Waals surface area contributed by atoms with E-state index in [2.05, 4.69) is 45.4 Å². The van der Waals surface area contributed by atoms with Crippen molar-refractivity contribution in [3.05, 3.63) is 0 Å². The molecule has 0 bridgehead atoms. The molecule has 14 heavy (non-hydrogen) atoms. The molecule has 1 unspecified atom stereocenters. The Bertz CT molecular complexity index is 196. The van der Waals surface area contributed by atoms with Crippen molar-refractivity contribution in [1.29, 1.82) is 0 Å². The van der Waals surface area contributed by atoms with Crippen LogP contribution in [0.3, 0.4) is 0 Å².